The number of hydrogen-bond donors (Lipinski definition) is 1. The van der Waals surface area contributed by atoms with E-state index in [-0.39, 0.29) is 11.9 Å². The third kappa shape index (κ3) is 5.07. The lowest BCUT2D eigenvalue weighted by Gasteiger charge is -2.32. The Hall–Kier alpha value is -1.35. The van der Waals surface area contributed by atoms with E-state index in [9.17, 15) is 13.2 Å². The smallest absolute Gasteiger partial charge is 0.250 e. The lowest BCUT2D eigenvalue weighted by Crippen LogP contribution is -2.46. The first kappa shape index (κ1) is 18.4. The molecular weight excluding hydrogens is 376 g/mol. The first-order valence-corrected chi connectivity index (χ1v) is 11.4. The highest BCUT2D eigenvalue weighted by Crippen LogP contribution is 2.21. The molecule has 1 aliphatic heterocycles. The number of nitrogens with zero attached hydrogens (tertiary/aromatic N) is 1. The summed E-state index contributed by atoms with van der Waals surface area (Å²) in [6.45, 7) is 1.18. The maximum absolute atomic E-state index is 12.3. The van der Waals surface area contributed by atoms with Crippen LogP contribution < -0.4 is 4.72 Å². The van der Waals surface area contributed by atoms with Gasteiger partial charge in [-0.3, -0.25) is 4.79 Å². The van der Waals surface area contributed by atoms with Gasteiger partial charge in [0.15, 0.2) is 0 Å². The first-order valence-electron chi connectivity index (χ1n) is 8.06. The van der Waals surface area contributed by atoms with E-state index in [4.69, 9.17) is 0 Å². The lowest BCUT2D eigenvalue weighted by molar-refractivity contribution is -0.129. The van der Waals surface area contributed by atoms with Crippen molar-refractivity contribution in [2.75, 3.05) is 18.8 Å². The summed E-state index contributed by atoms with van der Waals surface area (Å²) in [7, 11) is -3.44. The Morgan fingerprint density at radius 2 is 1.88 bits per heavy atom. The molecule has 1 saturated heterocycles. The van der Waals surface area contributed by atoms with E-state index in [0.717, 1.165) is 4.90 Å². The molecule has 134 valence electrons. The number of nitrogens with one attached hydrogen (secondary N) is 1. The minimum Gasteiger partial charge on any atom is -0.342 e. The average Bonchev–Trinajstić information content (AvgIpc) is 3.17. The molecule has 0 radical (unpaired) electrons. The number of amides is 1. The second-order valence-electron chi connectivity index (χ2n) is 5.81. The molecule has 1 aromatic carbocycles. The number of likely N-dealkylation sites (tertiary alicyclic amines) is 1. The predicted molar refractivity (Wildman–Crippen MR) is 101 cm³/mol. The second kappa shape index (κ2) is 8.35. The molecule has 2 aromatic rings. The first-order chi connectivity index (χ1) is 12.0. The molecule has 8 heteroatoms. The Kier molecular flexibility index (Phi) is 6.16. The van der Waals surface area contributed by atoms with Gasteiger partial charge in [-0.2, -0.15) is 0 Å². The minimum absolute atomic E-state index is 0.105. The summed E-state index contributed by atoms with van der Waals surface area (Å²) < 4.78 is 27.6. The van der Waals surface area contributed by atoms with Crippen molar-refractivity contribution in [3.63, 3.8) is 0 Å². The van der Waals surface area contributed by atoms with E-state index in [1.807, 2.05) is 35.2 Å². The molecule has 5 nitrogen and oxygen atoms in total. The molecule has 0 unspecified atom stereocenters. The van der Waals surface area contributed by atoms with Crippen molar-refractivity contribution in [3.8, 4) is 0 Å². The Bertz CT molecular complexity index is 784. The van der Waals surface area contributed by atoms with Gasteiger partial charge in [-0.1, -0.05) is 24.3 Å². The van der Waals surface area contributed by atoms with Gasteiger partial charge < -0.3 is 4.90 Å². The van der Waals surface area contributed by atoms with Crippen LogP contribution in [0.1, 0.15) is 12.8 Å². The zero-order valence-electron chi connectivity index (χ0n) is 13.6. The molecule has 0 aliphatic carbocycles. The highest BCUT2D eigenvalue weighted by atomic mass is 32.2. The number of carbonyl (C=O) groups is 1. The molecule has 0 spiro atoms. The van der Waals surface area contributed by atoms with Gasteiger partial charge in [-0.25, -0.2) is 13.1 Å². The normalized spacial score (nSPS) is 16.1. The van der Waals surface area contributed by atoms with Crippen LogP contribution in [0.3, 0.4) is 0 Å². The maximum atomic E-state index is 12.3. The predicted octanol–water partition coefficient (Wildman–Crippen LogP) is 2.81. The molecule has 1 aliphatic rings. The number of thiophene rings is 1. The second-order valence-corrected chi connectivity index (χ2v) is 9.75. The zero-order chi connectivity index (χ0) is 17.7. The van der Waals surface area contributed by atoms with Gasteiger partial charge in [0.25, 0.3) is 0 Å². The number of rotatable bonds is 6. The summed E-state index contributed by atoms with van der Waals surface area (Å²) in [4.78, 5) is 15.2. The zero-order valence-corrected chi connectivity index (χ0v) is 16.1. The van der Waals surface area contributed by atoms with E-state index in [1.165, 1.54) is 23.1 Å². The number of piperidine rings is 1. The Morgan fingerprint density at radius 1 is 1.16 bits per heavy atom. The fourth-order valence-electron chi connectivity index (χ4n) is 2.69. The summed E-state index contributed by atoms with van der Waals surface area (Å²) in [5, 5.41) is 1.75. The van der Waals surface area contributed by atoms with E-state index in [2.05, 4.69) is 4.72 Å². The highest BCUT2D eigenvalue weighted by Gasteiger charge is 2.27. The molecule has 0 bridgehead atoms. The summed E-state index contributed by atoms with van der Waals surface area (Å²) >= 11 is 2.74. The van der Waals surface area contributed by atoms with Crippen molar-refractivity contribution in [2.24, 2.45) is 0 Å². The van der Waals surface area contributed by atoms with Gasteiger partial charge in [0.05, 0.1) is 5.75 Å². The molecule has 0 atom stereocenters. The molecular formula is C17H20N2O3S3. The van der Waals surface area contributed by atoms with Crippen LogP contribution in [0.15, 0.2) is 56.9 Å². The summed E-state index contributed by atoms with van der Waals surface area (Å²) in [5.41, 5.74) is 0. The monoisotopic (exact) mass is 396 g/mol. The minimum atomic E-state index is -3.44. The molecule has 2 heterocycles. The van der Waals surface area contributed by atoms with Crippen molar-refractivity contribution in [2.45, 2.75) is 28.0 Å². The lowest BCUT2D eigenvalue weighted by atomic mass is 10.1. The molecule has 3 rings (SSSR count). The van der Waals surface area contributed by atoms with Crippen molar-refractivity contribution < 1.29 is 13.2 Å². The Balaban J connectivity index is 1.46. The summed E-state index contributed by atoms with van der Waals surface area (Å²) in [6, 6.07) is 13.1. The van der Waals surface area contributed by atoms with Crippen LogP contribution in [0.2, 0.25) is 0 Å². The van der Waals surface area contributed by atoms with E-state index in [1.54, 1.807) is 17.5 Å². The molecule has 1 aromatic heterocycles. The van der Waals surface area contributed by atoms with Gasteiger partial charge >= 0.3 is 0 Å². The molecule has 25 heavy (non-hydrogen) atoms. The summed E-state index contributed by atoms with van der Waals surface area (Å²) in [5.74, 6) is 0.517. The number of thioether (sulfide) groups is 1. The fourth-order valence-corrected chi connectivity index (χ4v) is 5.83. The topological polar surface area (TPSA) is 66.5 Å². The van der Waals surface area contributed by atoms with Crippen LogP contribution in [0.5, 0.6) is 0 Å². The number of sulfonamides is 1. The van der Waals surface area contributed by atoms with E-state index < -0.39 is 10.0 Å². The molecule has 1 amide bonds. The SMILES string of the molecule is O=C(CSc1ccccc1)N1CCC(NS(=O)(=O)c2cccs2)CC1. The number of carbonyl (C=O) groups excluding carboxylic acids is 1. The highest BCUT2D eigenvalue weighted by molar-refractivity contribution is 8.00. The van der Waals surface area contributed by atoms with E-state index >= 15 is 0 Å². The van der Waals surface area contributed by atoms with Crippen molar-refractivity contribution in [1.82, 2.24) is 9.62 Å². The van der Waals surface area contributed by atoms with Crippen LogP contribution in [0.25, 0.3) is 0 Å². The summed E-state index contributed by atoms with van der Waals surface area (Å²) in [6.07, 6.45) is 1.29. The number of benzene rings is 1. The quantitative estimate of drug-likeness (QED) is 0.763. The van der Waals surface area contributed by atoms with Crippen LogP contribution in [-0.2, 0) is 14.8 Å². The van der Waals surface area contributed by atoms with Gasteiger partial charge in [0, 0.05) is 24.0 Å². The van der Waals surface area contributed by atoms with Gasteiger partial charge in [-0.15, -0.1) is 23.1 Å². The van der Waals surface area contributed by atoms with Crippen LogP contribution >= 0.6 is 23.1 Å². The third-order valence-electron chi connectivity index (χ3n) is 4.03. The van der Waals surface area contributed by atoms with Crippen molar-refractivity contribution in [3.05, 3.63) is 47.8 Å². The Morgan fingerprint density at radius 3 is 2.52 bits per heavy atom. The standard InChI is InChI=1S/C17H20N2O3S3/c20-16(13-24-15-5-2-1-3-6-15)19-10-8-14(9-11-19)18-25(21,22)17-7-4-12-23-17/h1-7,12,14,18H,8-11,13H2. The molecule has 1 fully saturated rings. The van der Waals surface area contributed by atoms with E-state index in [0.29, 0.717) is 35.9 Å². The largest absolute Gasteiger partial charge is 0.342 e. The van der Waals surface area contributed by atoms with Crippen molar-refractivity contribution in [1.29, 1.82) is 0 Å². The average molecular weight is 397 g/mol. The van der Waals surface area contributed by atoms with Crippen LogP contribution in [0.4, 0.5) is 0 Å². The Labute approximate surface area is 156 Å². The number of hydrogen-bond acceptors (Lipinski definition) is 5. The van der Waals surface area contributed by atoms with Crippen LogP contribution in [0, 0.1) is 0 Å². The third-order valence-corrected chi connectivity index (χ3v) is 7.95. The van der Waals surface area contributed by atoms with Crippen LogP contribution in [-0.4, -0.2) is 44.1 Å². The maximum Gasteiger partial charge on any atom is 0.250 e. The van der Waals surface area contributed by atoms with Gasteiger partial charge in [-0.05, 0) is 36.4 Å². The molecule has 0 saturated carbocycles. The van der Waals surface area contributed by atoms with Gasteiger partial charge in [0.2, 0.25) is 15.9 Å². The molecule has 1 N–H and O–H groups in total. The van der Waals surface area contributed by atoms with Crippen molar-refractivity contribution >= 4 is 39.0 Å². The fraction of sp³-hybridized carbons (Fsp3) is 0.353. The van der Waals surface area contributed by atoms with Gasteiger partial charge in [0.1, 0.15) is 4.21 Å².